The second-order valence-electron chi connectivity index (χ2n) is 8.14. The SMILES string of the molecule is CC(N=c1ncnc2n3c(c(-c4ccc(=O)n(C)c4)cc1-2)NCC3)c1cccc(C(F)F)c1F. The number of rotatable bonds is 4. The van der Waals surface area contributed by atoms with Crippen LogP contribution in [0.2, 0.25) is 0 Å². The van der Waals surface area contributed by atoms with E-state index in [4.69, 9.17) is 0 Å². The molecule has 174 valence electrons. The Hall–Kier alpha value is -3.95. The molecule has 1 aromatic carbocycles. The third-order valence-corrected chi connectivity index (χ3v) is 6.00. The number of nitrogens with zero attached hydrogens (tertiary/aromatic N) is 5. The van der Waals surface area contributed by atoms with Crippen molar-refractivity contribution in [2.45, 2.75) is 25.9 Å². The highest BCUT2D eigenvalue weighted by atomic mass is 19.3. The van der Waals surface area contributed by atoms with E-state index in [0.29, 0.717) is 30.0 Å². The summed E-state index contributed by atoms with van der Waals surface area (Å²) in [5.41, 5.74) is 1.92. The number of alkyl halides is 2. The molecule has 1 atom stereocenters. The monoisotopic (exact) mass is 466 g/mol. The standard InChI is InChI=1S/C24H21F3N6O/c1-13(15-4-3-5-16(20(15)25)21(26)27)31-22-18-10-17(14-6-7-19(34)32(2)11-14)23-28-8-9-33(23)24(18)30-12-29-22/h3-7,10-13,21,28H,8-9H2,1-2H3. The van der Waals surface area contributed by atoms with Crippen LogP contribution in [-0.2, 0) is 13.6 Å². The van der Waals surface area contributed by atoms with Crippen LogP contribution in [0, 0.1) is 5.82 Å². The van der Waals surface area contributed by atoms with Crippen LogP contribution in [0.5, 0.6) is 0 Å². The van der Waals surface area contributed by atoms with Gasteiger partial charge in [0.2, 0.25) is 5.56 Å². The average molecular weight is 466 g/mol. The third kappa shape index (κ3) is 3.64. The number of nitrogens with one attached hydrogen (secondary N) is 1. The van der Waals surface area contributed by atoms with E-state index in [1.54, 1.807) is 26.2 Å². The van der Waals surface area contributed by atoms with Crippen LogP contribution < -0.4 is 16.4 Å². The summed E-state index contributed by atoms with van der Waals surface area (Å²) in [6.07, 6.45) is 0.221. The minimum absolute atomic E-state index is 0.0679. The number of anilines is 1. The van der Waals surface area contributed by atoms with Crippen LogP contribution in [-0.4, -0.2) is 25.6 Å². The molecule has 0 saturated heterocycles. The number of pyridine rings is 2. The second-order valence-corrected chi connectivity index (χ2v) is 8.14. The zero-order valence-electron chi connectivity index (χ0n) is 18.5. The molecule has 3 aliphatic heterocycles. The van der Waals surface area contributed by atoms with Gasteiger partial charge in [-0.1, -0.05) is 18.2 Å². The normalized spacial score (nSPS) is 14.5. The van der Waals surface area contributed by atoms with Crippen molar-refractivity contribution in [1.82, 2.24) is 19.1 Å². The van der Waals surface area contributed by atoms with Crippen molar-refractivity contribution in [2.75, 3.05) is 11.9 Å². The zero-order valence-corrected chi connectivity index (χ0v) is 18.5. The Morgan fingerprint density at radius 3 is 2.68 bits per heavy atom. The van der Waals surface area contributed by atoms with Crippen LogP contribution in [0.3, 0.4) is 0 Å². The first-order valence-electron chi connectivity index (χ1n) is 10.7. The van der Waals surface area contributed by atoms with E-state index < -0.39 is 23.8 Å². The maximum Gasteiger partial charge on any atom is 0.266 e. The maximum atomic E-state index is 14.7. The lowest BCUT2D eigenvalue weighted by Gasteiger charge is -2.18. The maximum absolute atomic E-state index is 14.7. The summed E-state index contributed by atoms with van der Waals surface area (Å²) in [4.78, 5) is 25.2. The van der Waals surface area contributed by atoms with Crippen LogP contribution in [0.15, 0.2) is 58.7 Å². The molecule has 1 N–H and O–H groups in total. The number of fused-ring (bicyclic) bond motifs is 3. The minimum atomic E-state index is -2.91. The highest BCUT2D eigenvalue weighted by Crippen LogP contribution is 2.35. The van der Waals surface area contributed by atoms with Crippen molar-refractivity contribution >= 4 is 5.82 Å². The third-order valence-electron chi connectivity index (χ3n) is 6.00. The fraction of sp³-hybridized carbons (Fsp3) is 0.250. The van der Waals surface area contributed by atoms with Crippen molar-refractivity contribution in [3.8, 4) is 22.5 Å². The summed E-state index contributed by atoms with van der Waals surface area (Å²) in [5.74, 6) is 0.549. The van der Waals surface area contributed by atoms with Gasteiger partial charge in [0.05, 0.1) is 17.2 Å². The van der Waals surface area contributed by atoms with Gasteiger partial charge in [-0.05, 0) is 19.1 Å². The molecule has 4 heterocycles. The Morgan fingerprint density at radius 2 is 1.91 bits per heavy atom. The Morgan fingerprint density at radius 1 is 1.12 bits per heavy atom. The molecule has 1 aromatic heterocycles. The summed E-state index contributed by atoms with van der Waals surface area (Å²) in [6, 6.07) is 8.30. The van der Waals surface area contributed by atoms with Gasteiger partial charge in [-0.2, -0.15) is 0 Å². The van der Waals surface area contributed by atoms with E-state index >= 15 is 0 Å². The van der Waals surface area contributed by atoms with Crippen LogP contribution in [0.4, 0.5) is 19.0 Å². The molecule has 5 rings (SSSR count). The molecule has 10 heteroatoms. The summed E-state index contributed by atoms with van der Waals surface area (Å²) in [7, 11) is 1.68. The van der Waals surface area contributed by atoms with E-state index in [0.717, 1.165) is 23.0 Å². The van der Waals surface area contributed by atoms with Crippen molar-refractivity contribution in [3.63, 3.8) is 0 Å². The number of hydrogen-bond acceptors (Lipinski definition) is 5. The lowest BCUT2D eigenvalue weighted by molar-refractivity contribution is 0.146. The number of halogens is 3. The quantitative estimate of drug-likeness (QED) is 0.495. The fourth-order valence-electron chi connectivity index (χ4n) is 4.27. The molecule has 0 aliphatic carbocycles. The van der Waals surface area contributed by atoms with Gasteiger partial charge in [-0.25, -0.2) is 23.1 Å². The Balaban J connectivity index is 1.70. The van der Waals surface area contributed by atoms with Crippen molar-refractivity contribution in [2.24, 2.45) is 12.0 Å². The highest BCUT2D eigenvalue weighted by Gasteiger charge is 2.24. The topological polar surface area (TPSA) is 77.1 Å². The van der Waals surface area contributed by atoms with Gasteiger partial charge >= 0.3 is 0 Å². The van der Waals surface area contributed by atoms with Gasteiger partial charge in [0.15, 0.2) is 5.49 Å². The van der Waals surface area contributed by atoms with Gasteiger partial charge in [0.25, 0.3) is 6.43 Å². The molecule has 0 amide bonds. The molecular weight excluding hydrogens is 445 g/mol. The van der Waals surface area contributed by atoms with Gasteiger partial charge < -0.3 is 14.5 Å². The highest BCUT2D eigenvalue weighted by molar-refractivity contribution is 5.81. The van der Waals surface area contributed by atoms with Crippen LogP contribution >= 0.6 is 0 Å². The summed E-state index contributed by atoms with van der Waals surface area (Å²) < 4.78 is 44.6. The first-order chi connectivity index (χ1) is 16.3. The Kier molecular flexibility index (Phi) is 5.43. The van der Waals surface area contributed by atoms with Crippen molar-refractivity contribution in [3.05, 3.63) is 81.7 Å². The van der Waals surface area contributed by atoms with Crippen molar-refractivity contribution < 1.29 is 13.2 Å². The van der Waals surface area contributed by atoms with E-state index in [-0.39, 0.29) is 11.1 Å². The molecule has 0 saturated carbocycles. The molecular formula is C24H21F3N6O. The predicted octanol–water partition coefficient (Wildman–Crippen LogP) is 3.91. The average Bonchev–Trinajstić information content (AvgIpc) is 3.31. The molecule has 0 spiro atoms. The number of aryl methyl sites for hydroxylation is 1. The zero-order chi connectivity index (χ0) is 24.0. The Bertz CT molecular complexity index is 1490. The van der Waals surface area contributed by atoms with E-state index in [1.165, 1.54) is 29.1 Å². The fourth-order valence-corrected chi connectivity index (χ4v) is 4.27. The first-order valence-corrected chi connectivity index (χ1v) is 10.7. The molecule has 0 fully saturated rings. The molecule has 2 aromatic rings. The Labute approximate surface area is 192 Å². The molecule has 7 nitrogen and oxygen atoms in total. The van der Waals surface area contributed by atoms with E-state index in [2.05, 4.69) is 20.3 Å². The first kappa shape index (κ1) is 21.9. The number of hydrogen-bond donors (Lipinski definition) is 1. The molecule has 0 radical (unpaired) electrons. The number of aromatic nitrogens is 4. The van der Waals surface area contributed by atoms with Crippen LogP contribution in [0.25, 0.3) is 22.5 Å². The van der Waals surface area contributed by atoms with E-state index in [9.17, 15) is 18.0 Å². The van der Waals surface area contributed by atoms with Gasteiger partial charge in [0.1, 0.15) is 23.8 Å². The summed E-state index contributed by atoms with van der Waals surface area (Å²) in [6.45, 7) is 3.01. The minimum Gasteiger partial charge on any atom is -0.369 e. The van der Waals surface area contributed by atoms with Gasteiger partial charge in [0, 0.05) is 49.1 Å². The number of benzene rings is 1. The van der Waals surface area contributed by atoms with E-state index in [1.807, 2.05) is 10.6 Å². The summed E-state index contributed by atoms with van der Waals surface area (Å²) in [5, 5.41) is 3.37. The van der Waals surface area contributed by atoms with Gasteiger partial charge in [-0.15, -0.1) is 0 Å². The second kappa shape index (κ2) is 8.44. The van der Waals surface area contributed by atoms with Crippen LogP contribution in [0.1, 0.15) is 30.5 Å². The largest absolute Gasteiger partial charge is 0.369 e. The smallest absolute Gasteiger partial charge is 0.266 e. The molecule has 34 heavy (non-hydrogen) atoms. The van der Waals surface area contributed by atoms with Gasteiger partial charge in [-0.3, -0.25) is 9.79 Å². The molecule has 3 aliphatic rings. The lowest BCUT2D eigenvalue weighted by Crippen LogP contribution is -2.19. The van der Waals surface area contributed by atoms with Crippen molar-refractivity contribution in [1.29, 1.82) is 0 Å². The molecule has 1 unspecified atom stereocenters. The summed E-state index contributed by atoms with van der Waals surface area (Å²) >= 11 is 0. The lowest BCUT2D eigenvalue weighted by atomic mass is 10.0. The molecule has 0 bridgehead atoms. The predicted molar refractivity (Wildman–Crippen MR) is 121 cm³/mol.